The highest BCUT2D eigenvalue weighted by molar-refractivity contribution is 5.23. The van der Waals surface area contributed by atoms with E-state index in [9.17, 15) is 15.0 Å². The standard InChI is InChI=1S/C23H41N3O5/c1-2-3-4-5-6-7-8-9-10-11-12-13-16-30-17-18-20(27)21(28)22(31-18)26-15-14-19(24)25-23(26)29/h14-15,18,20-22,27-28H,2-13,16-17H2,1H3,(H2,24,25,29)/t18-,20-,21+,22-/m1/s1. The molecule has 1 aromatic rings. The van der Waals surface area contributed by atoms with Crippen LogP contribution >= 0.6 is 0 Å². The Bertz CT molecular complexity index is 669. The van der Waals surface area contributed by atoms with E-state index in [0.29, 0.717) is 6.61 Å². The van der Waals surface area contributed by atoms with Crippen LogP contribution in [0, 0.1) is 0 Å². The topological polar surface area (TPSA) is 120 Å². The fourth-order valence-electron chi connectivity index (χ4n) is 3.96. The summed E-state index contributed by atoms with van der Waals surface area (Å²) < 4.78 is 12.4. The largest absolute Gasteiger partial charge is 0.387 e. The van der Waals surface area contributed by atoms with Crippen molar-refractivity contribution in [1.82, 2.24) is 9.55 Å². The molecule has 2 rings (SSSR count). The Balaban J connectivity index is 1.51. The van der Waals surface area contributed by atoms with E-state index in [-0.39, 0.29) is 12.4 Å². The Morgan fingerprint density at radius 3 is 2.16 bits per heavy atom. The molecule has 31 heavy (non-hydrogen) atoms. The minimum Gasteiger partial charge on any atom is -0.387 e. The Morgan fingerprint density at radius 1 is 1.00 bits per heavy atom. The van der Waals surface area contributed by atoms with Crippen molar-refractivity contribution < 1.29 is 19.7 Å². The summed E-state index contributed by atoms with van der Waals surface area (Å²) in [6.45, 7) is 3.01. The Kier molecular flexibility index (Phi) is 12.1. The van der Waals surface area contributed by atoms with Crippen LogP contribution < -0.4 is 11.4 Å². The quantitative estimate of drug-likeness (QED) is 0.338. The molecule has 0 bridgehead atoms. The average molecular weight is 440 g/mol. The van der Waals surface area contributed by atoms with Crippen molar-refractivity contribution in [3.8, 4) is 0 Å². The summed E-state index contributed by atoms with van der Waals surface area (Å²) in [7, 11) is 0. The first-order chi connectivity index (χ1) is 15.0. The number of aromatic nitrogens is 2. The SMILES string of the molecule is CCCCCCCCCCCCCCOC[C@H]1O[C@@H](n2ccc(N)nc2=O)[C@@H](O)[C@@H]1O. The van der Waals surface area contributed by atoms with Gasteiger partial charge in [-0.1, -0.05) is 77.6 Å². The predicted molar refractivity (Wildman–Crippen MR) is 121 cm³/mol. The summed E-state index contributed by atoms with van der Waals surface area (Å²) in [5.74, 6) is 0.0941. The van der Waals surface area contributed by atoms with Crippen molar-refractivity contribution in [2.45, 2.75) is 109 Å². The van der Waals surface area contributed by atoms with Crippen molar-refractivity contribution >= 4 is 5.82 Å². The van der Waals surface area contributed by atoms with E-state index >= 15 is 0 Å². The number of nitrogen functional groups attached to an aromatic ring is 1. The van der Waals surface area contributed by atoms with Crippen molar-refractivity contribution in [2.75, 3.05) is 18.9 Å². The van der Waals surface area contributed by atoms with Crippen LogP contribution in [0.5, 0.6) is 0 Å². The highest BCUT2D eigenvalue weighted by Gasteiger charge is 2.44. The second-order valence-electron chi connectivity index (χ2n) is 8.55. The van der Waals surface area contributed by atoms with E-state index in [0.717, 1.165) is 17.4 Å². The summed E-state index contributed by atoms with van der Waals surface area (Å²) in [5, 5.41) is 20.5. The molecule has 0 aromatic carbocycles. The number of ether oxygens (including phenoxy) is 2. The van der Waals surface area contributed by atoms with Crippen LogP contribution in [-0.2, 0) is 9.47 Å². The minimum absolute atomic E-state index is 0.0941. The molecule has 2 heterocycles. The summed E-state index contributed by atoms with van der Waals surface area (Å²) in [5.41, 5.74) is 4.85. The smallest absolute Gasteiger partial charge is 0.351 e. The number of rotatable bonds is 16. The number of nitrogens with two attached hydrogens (primary N) is 1. The van der Waals surface area contributed by atoms with Gasteiger partial charge in [-0.15, -0.1) is 0 Å². The van der Waals surface area contributed by atoms with Crippen LogP contribution in [0.2, 0.25) is 0 Å². The molecular formula is C23H41N3O5. The first-order valence-electron chi connectivity index (χ1n) is 12.0. The molecule has 0 amide bonds. The number of hydrogen-bond acceptors (Lipinski definition) is 7. The maximum absolute atomic E-state index is 12.0. The van der Waals surface area contributed by atoms with Gasteiger partial charge in [0, 0.05) is 12.8 Å². The zero-order valence-corrected chi connectivity index (χ0v) is 19.0. The lowest BCUT2D eigenvalue weighted by Gasteiger charge is -2.16. The van der Waals surface area contributed by atoms with Crippen molar-refractivity contribution in [2.24, 2.45) is 0 Å². The van der Waals surface area contributed by atoms with Gasteiger partial charge in [0.2, 0.25) is 0 Å². The fourth-order valence-corrected chi connectivity index (χ4v) is 3.96. The molecule has 1 aromatic heterocycles. The molecule has 8 nitrogen and oxygen atoms in total. The van der Waals surface area contributed by atoms with Gasteiger partial charge in [0.25, 0.3) is 0 Å². The Labute approximate surface area is 185 Å². The molecule has 0 spiro atoms. The molecule has 0 saturated carbocycles. The molecule has 1 aliphatic heterocycles. The van der Waals surface area contributed by atoms with Gasteiger partial charge >= 0.3 is 5.69 Å². The molecular weight excluding hydrogens is 398 g/mol. The molecule has 0 radical (unpaired) electrons. The van der Waals surface area contributed by atoms with Crippen molar-refractivity contribution in [3.63, 3.8) is 0 Å². The molecule has 1 fully saturated rings. The maximum atomic E-state index is 12.0. The van der Waals surface area contributed by atoms with Crippen LogP contribution in [-0.4, -0.2) is 51.3 Å². The molecule has 1 aliphatic rings. The normalized spacial score (nSPS) is 23.5. The monoisotopic (exact) mass is 439 g/mol. The van der Waals surface area contributed by atoms with Gasteiger partial charge < -0.3 is 25.4 Å². The molecule has 4 atom stereocenters. The first-order valence-corrected chi connectivity index (χ1v) is 12.0. The highest BCUT2D eigenvalue weighted by atomic mass is 16.6. The van der Waals surface area contributed by atoms with Gasteiger partial charge in [0.1, 0.15) is 24.1 Å². The van der Waals surface area contributed by atoms with Crippen LogP contribution in [0.3, 0.4) is 0 Å². The second-order valence-corrected chi connectivity index (χ2v) is 8.55. The van der Waals surface area contributed by atoms with Gasteiger partial charge in [-0.3, -0.25) is 4.57 Å². The van der Waals surface area contributed by atoms with Gasteiger partial charge in [0.15, 0.2) is 6.23 Å². The Morgan fingerprint density at radius 2 is 1.58 bits per heavy atom. The van der Waals surface area contributed by atoms with Gasteiger partial charge in [0.05, 0.1) is 6.61 Å². The van der Waals surface area contributed by atoms with E-state index in [1.54, 1.807) is 0 Å². The minimum atomic E-state index is -1.23. The summed E-state index contributed by atoms with van der Waals surface area (Å²) in [6.07, 6.45) is 12.8. The van der Waals surface area contributed by atoms with Gasteiger partial charge in [-0.05, 0) is 12.5 Å². The summed E-state index contributed by atoms with van der Waals surface area (Å²) in [6, 6.07) is 1.45. The lowest BCUT2D eigenvalue weighted by atomic mass is 10.1. The Hall–Kier alpha value is -1.48. The lowest BCUT2D eigenvalue weighted by Crippen LogP contribution is -2.36. The number of nitrogens with zero attached hydrogens (tertiary/aromatic N) is 2. The van der Waals surface area contributed by atoms with Crippen LogP contribution in [0.4, 0.5) is 5.82 Å². The average Bonchev–Trinajstić information content (AvgIpc) is 3.02. The highest BCUT2D eigenvalue weighted by Crippen LogP contribution is 2.28. The zero-order chi connectivity index (χ0) is 22.5. The number of aliphatic hydroxyl groups excluding tert-OH is 2. The zero-order valence-electron chi connectivity index (χ0n) is 19.0. The molecule has 4 N–H and O–H groups in total. The predicted octanol–water partition coefficient (Wildman–Crippen LogP) is 3.16. The number of anilines is 1. The van der Waals surface area contributed by atoms with E-state index in [1.165, 1.54) is 76.5 Å². The van der Waals surface area contributed by atoms with E-state index in [1.807, 2.05) is 0 Å². The molecule has 8 heteroatoms. The van der Waals surface area contributed by atoms with Gasteiger partial charge in [-0.25, -0.2) is 4.79 Å². The number of hydrogen-bond donors (Lipinski definition) is 3. The molecule has 178 valence electrons. The van der Waals surface area contributed by atoms with Crippen molar-refractivity contribution in [1.29, 1.82) is 0 Å². The molecule has 0 aliphatic carbocycles. The summed E-state index contributed by atoms with van der Waals surface area (Å²) >= 11 is 0. The third-order valence-corrected chi connectivity index (χ3v) is 5.89. The molecule has 1 saturated heterocycles. The third-order valence-electron chi connectivity index (χ3n) is 5.89. The van der Waals surface area contributed by atoms with E-state index < -0.39 is 30.2 Å². The van der Waals surface area contributed by atoms with Crippen LogP contribution in [0.25, 0.3) is 0 Å². The van der Waals surface area contributed by atoms with Crippen LogP contribution in [0.15, 0.2) is 17.1 Å². The second kappa shape index (κ2) is 14.6. The third kappa shape index (κ3) is 8.88. The number of aliphatic hydroxyl groups is 2. The van der Waals surface area contributed by atoms with E-state index in [4.69, 9.17) is 15.2 Å². The lowest BCUT2D eigenvalue weighted by molar-refractivity contribution is -0.0686. The van der Waals surface area contributed by atoms with Crippen molar-refractivity contribution in [3.05, 3.63) is 22.7 Å². The summed E-state index contributed by atoms with van der Waals surface area (Å²) in [4.78, 5) is 15.6. The fraction of sp³-hybridized carbons (Fsp3) is 0.826. The van der Waals surface area contributed by atoms with Gasteiger partial charge in [-0.2, -0.15) is 4.98 Å². The maximum Gasteiger partial charge on any atom is 0.351 e. The van der Waals surface area contributed by atoms with Crippen LogP contribution in [0.1, 0.15) is 90.2 Å². The first kappa shape index (κ1) is 25.8. The number of unbranched alkanes of at least 4 members (excludes halogenated alkanes) is 11. The van der Waals surface area contributed by atoms with E-state index in [2.05, 4.69) is 11.9 Å². The molecule has 0 unspecified atom stereocenters.